The molecule has 0 saturated carbocycles. The Morgan fingerprint density at radius 1 is 0.939 bits per heavy atom. The lowest BCUT2D eigenvalue weighted by Gasteiger charge is -2.12. The number of aromatic nitrogens is 6. The van der Waals surface area contributed by atoms with Crippen LogP contribution in [0.3, 0.4) is 0 Å². The largest absolute Gasteiger partial charge is 0.321 e. The molecule has 9 nitrogen and oxygen atoms in total. The second kappa shape index (κ2) is 8.46. The molecule has 0 atom stereocenters. The molecule has 2 heterocycles. The van der Waals surface area contributed by atoms with Crippen molar-refractivity contribution in [2.75, 3.05) is 5.32 Å². The zero-order valence-electron chi connectivity index (χ0n) is 17.7. The second-order valence-electron chi connectivity index (χ2n) is 7.50. The Morgan fingerprint density at radius 3 is 2.45 bits per heavy atom. The van der Waals surface area contributed by atoms with Gasteiger partial charge in [-0.1, -0.05) is 60.7 Å². The van der Waals surface area contributed by atoms with Crippen LogP contribution in [-0.2, 0) is 13.6 Å². The first-order valence-corrected chi connectivity index (χ1v) is 10.3. The smallest absolute Gasteiger partial charge is 0.276 e. The first kappa shape index (κ1) is 20.3. The fraction of sp³-hybridized carbons (Fsp3) is 0.0833. The molecule has 33 heavy (non-hydrogen) atoms. The van der Waals surface area contributed by atoms with Gasteiger partial charge in [0.2, 0.25) is 0 Å². The van der Waals surface area contributed by atoms with E-state index in [1.165, 1.54) is 4.68 Å². The Labute approximate surface area is 188 Å². The molecule has 3 aromatic carbocycles. The SMILES string of the molecule is Cn1nnnc1-c1cccc(NC(=O)c2nn(Cc3ccccc3)c(=O)c3ccccc23)c1. The van der Waals surface area contributed by atoms with E-state index in [1.54, 1.807) is 48.1 Å². The van der Waals surface area contributed by atoms with Crippen molar-refractivity contribution < 1.29 is 4.79 Å². The predicted octanol–water partition coefficient (Wildman–Crippen LogP) is 2.89. The Morgan fingerprint density at radius 2 is 1.70 bits per heavy atom. The summed E-state index contributed by atoms with van der Waals surface area (Å²) in [6.07, 6.45) is 0. The summed E-state index contributed by atoms with van der Waals surface area (Å²) in [5, 5.41) is 19.8. The maximum atomic E-state index is 13.3. The lowest BCUT2D eigenvalue weighted by atomic mass is 10.1. The number of tetrazole rings is 1. The second-order valence-corrected chi connectivity index (χ2v) is 7.50. The number of carbonyl (C=O) groups is 1. The van der Waals surface area contributed by atoms with Crippen molar-refractivity contribution in [1.82, 2.24) is 30.0 Å². The number of amides is 1. The molecule has 0 unspecified atom stereocenters. The van der Waals surface area contributed by atoms with E-state index < -0.39 is 5.91 Å². The molecule has 9 heteroatoms. The minimum Gasteiger partial charge on any atom is -0.321 e. The Kier molecular flexibility index (Phi) is 5.19. The van der Waals surface area contributed by atoms with Gasteiger partial charge in [0, 0.05) is 23.7 Å². The highest BCUT2D eigenvalue weighted by Gasteiger charge is 2.17. The number of hydrogen-bond donors (Lipinski definition) is 1. The molecule has 0 aliphatic heterocycles. The van der Waals surface area contributed by atoms with Crippen molar-refractivity contribution in [2.24, 2.45) is 7.05 Å². The molecule has 0 saturated heterocycles. The lowest BCUT2D eigenvalue weighted by molar-refractivity contribution is 0.102. The van der Waals surface area contributed by atoms with Gasteiger partial charge in [-0.3, -0.25) is 9.59 Å². The van der Waals surface area contributed by atoms with Crippen LogP contribution in [0.2, 0.25) is 0 Å². The van der Waals surface area contributed by atoms with Crippen LogP contribution < -0.4 is 10.9 Å². The van der Waals surface area contributed by atoms with Gasteiger partial charge in [0.05, 0.1) is 11.9 Å². The zero-order chi connectivity index (χ0) is 22.8. The first-order valence-electron chi connectivity index (χ1n) is 10.3. The monoisotopic (exact) mass is 437 g/mol. The maximum Gasteiger partial charge on any atom is 0.276 e. The summed E-state index contributed by atoms with van der Waals surface area (Å²) < 4.78 is 2.88. The molecule has 0 spiro atoms. The predicted molar refractivity (Wildman–Crippen MR) is 124 cm³/mol. The molecule has 0 bridgehead atoms. The number of nitrogens with zero attached hydrogens (tertiary/aromatic N) is 6. The number of anilines is 1. The number of rotatable bonds is 5. The Balaban J connectivity index is 1.53. The van der Waals surface area contributed by atoms with Crippen LogP contribution in [0.5, 0.6) is 0 Å². The molecular weight excluding hydrogens is 418 g/mol. The van der Waals surface area contributed by atoms with Crippen LogP contribution in [0.4, 0.5) is 5.69 Å². The van der Waals surface area contributed by atoms with Crippen LogP contribution in [-0.4, -0.2) is 35.9 Å². The van der Waals surface area contributed by atoms with E-state index in [0.29, 0.717) is 22.3 Å². The molecule has 5 aromatic rings. The van der Waals surface area contributed by atoms with Gasteiger partial charge in [0.1, 0.15) is 0 Å². The quantitative estimate of drug-likeness (QED) is 0.453. The van der Waals surface area contributed by atoms with Crippen molar-refractivity contribution in [3.05, 3.63) is 100 Å². The van der Waals surface area contributed by atoms with Gasteiger partial charge >= 0.3 is 0 Å². The summed E-state index contributed by atoms with van der Waals surface area (Å²) in [5.74, 6) is 0.160. The molecule has 2 aromatic heterocycles. The van der Waals surface area contributed by atoms with Crippen LogP contribution in [0.25, 0.3) is 22.2 Å². The van der Waals surface area contributed by atoms with E-state index in [0.717, 1.165) is 11.1 Å². The van der Waals surface area contributed by atoms with Gasteiger partial charge in [-0.15, -0.1) is 5.10 Å². The Hall–Kier alpha value is -4.66. The average molecular weight is 437 g/mol. The lowest BCUT2D eigenvalue weighted by Crippen LogP contribution is -2.28. The summed E-state index contributed by atoms with van der Waals surface area (Å²) in [6.45, 7) is 0.263. The number of fused-ring (bicyclic) bond motifs is 1. The fourth-order valence-corrected chi connectivity index (χ4v) is 3.67. The molecular formula is C24H19N7O2. The van der Waals surface area contributed by atoms with Crippen LogP contribution >= 0.6 is 0 Å². The van der Waals surface area contributed by atoms with E-state index in [4.69, 9.17) is 0 Å². The van der Waals surface area contributed by atoms with Gasteiger partial charge in [0.25, 0.3) is 11.5 Å². The van der Waals surface area contributed by atoms with E-state index in [-0.39, 0.29) is 17.8 Å². The third-order valence-corrected chi connectivity index (χ3v) is 5.26. The third kappa shape index (κ3) is 3.99. The van der Waals surface area contributed by atoms with Crippen molar-refractivity contribution in [2.45, 2.75) is 6.54 Å². The van der Waals surface area contributed by atoms with Gasteiger partial charge < -0.3 is 5.32 Å². The molecule has 0 fully saturated rings. The summed E-state index contributed by atoms with van der Waals surface area (Å²) in [5.41, 5.74) is 2.16. The van der Waals surface area contributed by atoms with E-state index >= 15 is 0 Å². The molecule has 0 aliphatic carbocycles. The van der Waals surface area contributed by atoms with Gasteiger partial charge in [-0.25, -0.2) is 9.36 Å². The minimum atomic E-state index is -0.416. The normalized spacial score (nSPS) is 10.9. The van der Waals surface area contributed by atoms with Gasteiger partial charge in [-0.2, -0.15) is 5.10 Å². The number of nitrogens with one attached hydrogen (secondary N) is 1. The fourth-order valence-electron chi connectivity index (χ4n) is 3.67. The molecule has 162 valence electrons. The van der Waals surface area contributed by atoms with E-state index in [1.807, 2.05) is 42.5 Å². The summed E-state index contributed by atoms with van der Waals surface area (Å²) in [4.78, 5) is 26.3. The summed E-state index contributed by atoms with van der Waals surface area (Å²) in [6, 6.07) is 23.7. The van der Waals surface area contributed by atoms with E-state index in [9.17, 15) is 9.59 Å². The molecule has 1 N–H and O–H groups in total. The summed E-state index contributed by atoms with van der Waals surface area (Å²) in [7, 11) is 1.74. The molecule has 1 amide bonds. The van der Waals surface area contributed by atoms with Gasteiger partial charge in [-0.05, 0) is 34.2 Å². The molecule has 0 aliphatic rings. The highest BCUT2D eigenvalue weighted by atomic mass is 16.2. The minimum absolute atomic E-state index is 0.173. The topological polar surface area (TPSA) is 108 Å². The van der Waals surface area contributed by atoms with Crippen molar-refractivity contribution in [3.63, 3.8) is 0 Å². The van der Waals surface area contributed by atoms with E-state index in [2.05, 4.69) is 25.9 Å². The van der Waals surface area contributed by atoms with Crippen LogP contribution in [0, 0.1) is 0 Å². The number of benzene rings is 3. The number of carbonyl (C=O) groups excluding carboxylic acids is 1. The average Bonchev–Trinajstić information content (AvgIpc) is 3.27. The van der Waals surface area contributed by atoms with Gasteiger partial charge in [0.15, 0.2) is 11.5 Å². The first-order chi connectivity index (χ1) is 16.1. The maximum absolute atomic E-state index is 13.3. The van der Waals surface area contributed by atoms with Crippen LogP contribution in [0.1, 0.15) is 16.1 Å². The molecule has 5 rings (SSSR count). The number of hydrogen-bond acceptors (Lipinski definition) is 6. The summed E-state index contributed by atoms with van der Waals surface area (Å²) >= 11 is 0. The number of aryl methyl sites for hydroxylation is 1. The third-order valence-electron chi connectivity index (χ3n) is 5.26. The van der Waals surface area contributed by atoms with Crippen molar-refractivity contribution >= 4 is 22.4 Å². The Bertz CT molecular complexity index is 1520. The molecule has 0 radical (unpaired) electrons. The highest BCUT2D eigenvalue weighted by Crippen LogP contribution is 2.21. The standard InChI is InChI=1S/C24H19N7O2/c1-30-22(26-28-29-30)17-10-7-11-18(14-17)25-23(32)21-19-12-5-6-13-20(19)24(33)31(27-21)15-16-8-3-2-4-9-16/h2-14H,15H2,1H3,(H,25,32). The van der Waals surface area contributed by atoms with Crippen molar-refractivity contribution in [3.8, 4) is 11.4 Å². The zero-order valence-corrected chi connectivity index (χ0v) is 17.7. The highest BCUT2D eigenvalue weighted by molar-refractivity contribution is 6.11. The van der Waals surface area contributed by atoms with Crippen molar-refractivity contribution in [1.29, 1.82) is 0 Å². The van der Waals surface area contributed by atoms with Crippen LogP contribution in [0.15, 0.2) is 83.7 Å².